The molecule has 34 heavy (non-hydrogen) atoms. The molecule has 3 aromatic rings. The van der Waals surface area contributed by atoms with E-state index in [1.54, 1.807) is 6.07 Å². The number of benzene rings is 1. The number of hydrogen-bond acceptors (Lipinski definition) is 6. The second-order valence-electron chi connectivity index (χ2n) is 8.42. The molecule has 0 spiro atoms. The number of rotatable bonds is 9. The van der Waals surface area contributed by atoms with Crippen LogP contribution in [0.3, 0.4) is 0 Å². The molecule has 1 aliphatic rings. The molecule has 0 saturated carbocycles. The van der Waals surface area contributed by atoms with Gasteiger partial charge in [-0.15, -0.1) is 0 Å². The summed E-state index contributed by atoms with van der Waals surface area (Å²) in [7, 11) is 1.38. The summed E-state index contributed by atoms with van der Waals surface area (Å²) in [6, 6.07) is 13.2. The summed E-state index contributed by atoms with van der Waals surface area (Å²) in [5.74, 6) is -0.318. The average molecular weight is 480 g/mol. The smallest absolute Gasteiger partial charge is 0.307 e. The lowest BCUT2D eigenvalue weighted by atomic mass is 9.98. The number of esters is 1. The number of piperidine rings is 1. The van der Waals surface area contributed by atoms with Crippen molar-refractivity contribution in [3.63, 3.8) is 0 Å². The van der Waals surface area contributed by atoms with Crippen LogP contribution in [0.5, 0.6) is 0 Å². The topological polar surface area (TPSA) is 103 Å². The molecule has 0 bridgehead atoms. The lowest BCUT2D eigenvalue weighted by molar-refractivity contribution is -0.145. The monoisotopic (exact) mass is 479 g/mol. The number of ether oxygens (including phenoxy) is 1. The number of aromatic amines is 1. The van der Waals surface area contributed by atoms with E-state index in [9.17, 15) is 14.9 Å². The normalized spacial score (nSPS) is 16.8. The maximum atomic E-state index is 13.7. The Balaban J connectivity index is 1.53. The van der Waals surface area contributed by atoms with Crippen molar-refractivity contribution in [3.8, 4) is 6.07 Å². The fraction of sp³-hybridized carbons (Fsp3) is 0.400. The standard InChI is InChI=1S/C25H29N5O3S/c1-33-24(31)16-18-6-2-3-14-30(18)25(32)22(11-15-29-13-5-7-19(29)17-26)28-34-23-9-4-8-21-20(23)10-12-27-21/h4-5,7-10,12-13,18,22,27-28H,2-3,6,11,14-16H2,1H3. The van der Waals surface area contributed by atoms with Gasteiger partial charge in [0.05, 0.1) is 19.6 Å². The number of H-pyrrole nitrogens is 1. The average Bonchev–Trinajstić information content (AvgIpc) is 3.53. The van der Waals surface area contributed by atoms with Crippen LogP contribution in [0.2, 0.25) is 0 Å². The quantitative estimate of drug-likeness (QED) is 0.357. The third-order valence-corrected chi connectivity index (χ3v) is 7.29. The number of nitriles is 1. The summed E-state index contributed by atoms with van der Waals surface area (Å²) in [4.78, 5) is 31.8. The van der Waals surface area contributed by atoms with Gasteiger partial charge in [-0.25, -0.2) is 4.72 Å². The highest BCUT2D eigenvalue weighted by Gasteiger charge is 2.33. The summed E-state index contributed by atoms with van der Waals surface area (Å²) in [5.41, 5.74) is 1.60. The Kier molecular flexibility index (Phi) is 7.93. The number of carbonyl (C=O) groups excluding carboxylic acids is 2. The van der Waals surface area contributed by atoms with Gasteiger partial charge in [-0.1, -0.05) is 6.07 Å². The Morgan fingerprint density at radius 3 is 3.00 bits per heavy atom. The van der Waals surface area contributed by atoms with Crippen LogP contribution in [0, 0.1) is 11.3 Å². The predicted molar refractivity (Wildman–Crippen MR) is 131 cm³/mol. The van der Waals surface area contributed by atoms with Crippen molar-refractivity contribution < 1.29 is 14.3 Å². The first-order valence-electron chi connectivity index (χ1n) is 11.5. The summed E-state index contributed by atoms with van der Waals surface area (Å²) in [6.07, 6.45) is 7.18. The van der Waals surface area contributed by atoms with Crippen LogP contribution >= 0.6 is 11.9 Å². The van der Waals surface area contributed by atoms with Gasteiger partial charge in [0, 0.05) is 47.3 Å². The van der Waals surface area contributed by atoms with Crippen molar-refractivity contribution >= 4 is 34.7 Å². The molecule has 8 nitrogen and oxygen atoms in total. The molecule has 2 N–H and O–H groups in total. The number of aryl methyl sites for hydroxylation is 1. The van der Waals surface area contributed by atoms with Gasteiger partial charge in [-0.3, -0.25) is 9.59 Å². The molecule has 9 heteroatoms. The van der Waals surface area contributed by atoms with Gasteiger partial charge >= 0.3 is 5.97 Å². The van der Waals surface area contributed by atoms with Crippen LogP contribution in [-0.2, 0) is 20.9 Å². The van der Waals surface area contributed by atoms with Gasteiger partial charge in [0.15, 0.2) is 0 Å². The molecule has 1 amide bonds. The Morgan fingerprint density at radius 1 is 1.29 bits per heavy atom. The number of likely N-dealkylation sites (tertiary alicyclic amines) is 1. The Hall–Kier alpha value is -3.22. The lowest BCUT2D eigenvalue weighted by Crippen LogP contribution is -2.52. The lowest BCUT2D eigenvalue weighted by Gasteiger charge is -2.37. The van der Waals surface area contributed by atoms with Crippen molar-refractivity contribution in [1.29, 1.82) is 5.26 Å². The molecule has 2 unspecified atom stereocenters. The number of carbonyl (C=O) groups is 2. The highest BCUT2D eigenvalue weighted by Crippen LogP contribution is 2.27. The molecule has 178 valence electrons. The van der Waals surface area contributed by atoms with Gasteiger partial charge in [0.25, 0.3) is 0 Å². The third-order valence-electron chi connectivity index (χ3n) is 6.31. The Bertz CT molecular complexity index is 1180. The van der Waals surface area contributed by atoms with Crippen LogP contribution in [0.25, 0.3) is 10.9 Å². The van der Waals surface area contributed by atoms with E-state index in [2.05, 4.69) is 15.8 Å². The SMILES string of the molecule is COC(=O)CC1CCCCN1C(=O)C(CCn1cccc1C#N)NSc1cccc2[nH]ccc12. The van der Waals surface area contributed by atoms with E-state index in [0.717, 1.165) is 35.1 Å². The van der Waals surface area contributed by atoms with Crippen LogP contribution in [0.4, 0.5) is 0 Å². The summed E-state index contributed by atoms with van der Waals surface area (Å²) in [6.45, 7) is 1.16. The zero-order chi connectivity index (χ0) is 23.9. The zero-order valence-corrected chi connectivity index (χ0v) is 20.0. The van der Waals surface area contributed by atoms with Gasteiger partial charge in [-0.2, -0.15) is 5.26 Å². The number of hydrogen-bond donors (Lipinski definition) is 2. The number of amides is 1. The fourth-order valence-corrected chi connectivity index (χ4v) is 5.39. The maximum absolute atomic E-state index is 13.7. The van der Waals surface area contributed by atoms with Crippen LogP contribution < -0.4 is 4.72 Å². The van der Waals surface area contributed by atoms with Crippen LogP contribution in [-0.4, -0.2) is 52.1 Å². The minimum absolute atomic E-state index is 0.0204. The van der Waals surface area contributed by atoms with Gasteiger partial charge in [0.1, 0.15) is 11.8 Å². The van der Waals surface area contributed by atoms with Crippen molar-refractivity contribution in [1.82, 2.24) is 19.2 Å². The molecule has 0 aliphatic carbocycles. The minimum Gasteiger partial charge on any atom is -0.469 e. The van der Waals surface area contributed by atoms with Crippen molar-refractivity contribution in [2.24, 2.45) is 0 Å². The van der Waals surface area contributed by atoms with Crippen molar-refractivity contribution in [2.75, 3.05) is 13.7 Å². The predicted octanol–water partition coefficient (Wildman–Crippen LogP) is 3.84. The largest absolute Gasteiger partial charge is 0.469 e. The van der Waals surface area contributed by atoms with Crippen molar-refractivity contribution in [3.05, 3.63) is 54.5 Å². The number of aromatic nitrogens is 2. The van der Waals surface area contributed by atoms with E-state index >= 15 is 0 Å². The molecular formula is C25H29N5O3S. The number of nitrogens with one attached hydrogen (secondary N) is 2. The van der Waals surface area contributed by atoms with Crippen LogP contribution in [0.1, 0.15) is 37.8 Å². The van der Waals surface area contributed by atoms with E-state index in [-0.39, 0.29) is 24.3 Å². The molecule has 1 saturated heterocycles. The van der Waals surface area contributed by atoms with Crippen molar-refractivity contribution in [2.45, 2.75) is 55.6 Å². The molecule has 1 aliphatic heterocycles. The molecule has 0 radical (unpaired) electrons. The Morgan fingerprint density at radius 2 is 2.18 bits per heavy atom. The molecule has 1 aromatic carbocycles. The van der Waals surface area contributed by atoms with Crippen LogP contribution in [0.15, 0.2) is 53.7 Å². The first-order chi connectivity index (χ1) is 16.6. The Labute approximate surface area is 203 Å². The highest BCUT2D eigenvalue weighted by molar-refractivity contribution is 7.97. The van der Waals surface area contributed by atoms with Gasteiger partial charge < -0.3 is 19.2 Å². The molecule has 1 fully saturated rings. The second kappa shape index (κ2) is 11.3. The molecule has 3 heterocycles. The molecule has 4 rings (SSSR count). The minimum atomic E-state index is -0.480. The first kappa shape index (κ1) is 23.9. The highest BCUT2D eigenvalue weighted by atomic mass is 32.2. The van der Waals surface area contributed by atoms with Gasteiger partial charge in [0.2, 0.25) is 5.91 Å². The van der Waals surface area contributed by atoms with E-state index < -0.39 is 6.04 Å². The zero-order valence-electron chi connectivity index (χ0n) is 19.2. The summed E-state index contributed by atoms with van der Waals surface area (Å²) in [5, 5.41) is 10.4. The van der Waals surface area contributed by atoms with E-state index in [1.165, 1.54) is 19.1 Å². The van der Waals surface area contributed by atoms with E-state index in [4.69, 9.17) is 4.74 Å². The molecule has 2 aromatic heterocycles. The molecule has 2 atom stereocenters. The first-order valence-corrected chi connectivity index (χ1v) is 12.3. The summed E-state index contributed by atoms with van der Waals surface area (Å²) < 4.78 is 10.1. The third kappa shape index (κ3) is 5.46. The molecular weight excluding hydrogens is 450 g/mol. The van der Waals surface area contributed by atoms with E-state index in [1.807, 2.05) is 52.2 Å². The number of nitrogens with zero attached hydrogens (tertiary/aromatic N) is 3. The second-order valence-corrected chi connectivity index (χ2v) is 9.30. The number of fused-ring (bicyclic) bond motifs is 1. The summed E-state index contributed by atoms with van der Waals surface area (Å²) >= 11 is 1.44. The van der Waals surface area contributed by atoms with E-state index in [0.29, 0.717) is 25.2 Å². The fourth-order valence-electron chi connectivity index (χ4n) is 4.47. The van der Waals surface area contributed by atoms with Gasteiger partial charge in [-0.05, 0) is 68.0 Å². The maximum Gasteiger partial charge on any atom is 0.307 e. The number of methoxy groups -OCH3 is 1.